The van der Waals surface area contributed by atoms with Crippen LogP contribution < -0.4 is 4.90 Å². The number of aromatic carboxylic acids is 1. The summed E-state index contributed by atoms with van der Waals surface area (Å²) in [4.78, 5) is 17.9. The van der Waals surface area contributed by atoms with Crippen molar-refractivity contribution in [2.75, 3.05) is 18.0 Å². The third-order valence-corrected chi connectivity index (χ3v) is 4.98. The first kappa shape index (κ1) is 12.6. The third kappa shape index (κ3) is 2.06. The number of hydrogen-bond acceptors (Lipinski definition) is 3. The summed E-state index contributed by atoms with van der Waals surface area (Å²) in [6, 6.07) is 9.57. The first-order valence-electron chi connectivity index (χ1n) is 7.60. The first-order valence-corrected chi connectivity index (χ1v) is 7.60. The van der Waals surface area contributed by atoms with Crippen molar-refractivity contribution in [3.8, 4) is 0 Å². The van der Waals surface area contributed by atoms with Crippen molar-refractivity contribution in [1.29, 1.82) is 0 Å². The first-order chi connectivity index (χ1) is 10.2. The summed E-state index contributed by atoms with van der Waals surface area (Å²) in [6.45, 7) is 2.11. The molecule has 0 radical (unpaired) electrons. The molecule has 108 valence electrons. The molecule has 4 nitrogen and oxygen atoms in total. The Morgan fingerprint density at radius 1 is 1.19 bits per heavy atom. The van der Waals surface area contributed by atoms with Crippen LogP contribution in [-0.4, -0.2) is 29.1 Å². The van der Waals surface area contributed by atoms with Crippen molar-refractivity contribution in [2.45, 2.75) is 19.3 Å². The van der Waals surface area contributed by atoms with E-state index < -0.39 is 5.97 Å². The normalized spacial score (nSPS) is 24.5. The standard InChI is InChI=1S/C17H18N2O2/c20-17(21)15-8-16(13-6-1-2-7-14(13)18-15)19-9-11-4-3-5-12(11)10-19/h1-2,6-8,11-12H,3-5,9-10H2,(H,20,21). The van der Waals surface area contributed by atoms with Gasteiger partial charge in [-0.25, -0.2) is 9.78 Å². The molecule has 2 aliphatic rings. The van der Waals surface area contributed by atoms with Gasteiger partial charge in [-0.2, -0.15) is 0 Å². The molecule has 21 heavy (non-hydrogen) atoms. The van der Waals surface area contributed by atoms with Crippen LogP contribution >= 0.6 is 0 Å². The summed E-state index contributed by atoms with van der Waals surface area (Å²) in [5.74, 6) is 0.608. The Morgan fingerprint density at radius 3 is 2.62 bits per heavy atom. The quantitative estimate of drug-likeness (QED) is 0.919. The maximum absolute atomic E-state index is 11.3. The van der Waals surface area contributed by atoms with Crippen molar-refractivity contribution >= 4 is 22.6 Å². The second-order valence-electron chi connectivity index (χ2n) is 6.20. The highest BCUT2D eigenvalue weighted by Crippen LogP contribution is 2.41. The zero-order valence-electron chi connectivity index (χ0n) is 11.8. The van der Waals surface area contributed by atoms with Crippen LogP contribution in [-0.2, 0) is 0 Å². The Kier molecular flexibility index (Phi) is 2.84. The fraction of sp³-hybridized carbons (Fsp3) is 0.412. The smallest absolute Gasteiger partial charge is 0.354 e. The van der Waals surface area contributed by atoms with Crippen molar-refractivity contribution in [3.05, 3.63) is 36.0 Å². The van der Waals surface area contributed by atoms with E-state index in [1.54, 1.807) is 6.07 Å². The van der Waals surface area contributed by atoms with Gasteiger partial charge in [-0.3, -0.25) is 0 Å². The van der Waals surface area contributed by atoms with Gasteiger partial charge < -0.3 is 10.0 Å². The van der Waals surface area contributed by atoms with Gasteiger partial charge in [-0.1, -0.05) is 24.6 Å². The van der Waals surface area contributed by atoms with Gasteiger partial charge >= 0.3 is 5.97 Å². The second-order valence-corrected chi connectivity index (χ2v) is 6.20. The van der Waals surface area contributed by atoms with Gasteiger partial charge in [0, 0.05) is 24.2 Å². The van der Waals surface area contributed by atoms with Crippen LogP contribution in [0, 0.1) is 11.8 Å². The largest absolute Gasteiger partial charge is 0.477 e. The van der Waals surface area contributed by atoms with E-state index in [-0.39, 0.29) is 5.69 Å². The lowest BCUT2D eigenvalue weighted by Crippen LogP contribution is -2.21. The molecule has 0 bridgehead atoms. The molecular weight excluding hydrogens is 264 g/mol. The summed E-state index contributed by atoms with van der Waals surface area (Å²) in [5, 5.41) is 10.3. The molecule has 2 aromatic rings. The molecule has 2 atom stereocenters. The van der Waals surface area contributed by atoms with E-state index in [4.69, 9.17) is 0 Å². The van der Waals surface area contributed by atoms with Crippen molar-refractivity contribution in [3.63, 3.8) is 0 Å². The van der Waals surface area contributed by atoms with E-state index in [0.717, 1.165) is 41.5 Å². The van der Waals surface area contributed by atoms with Gasteiger partial charge in [0.2, 0.25) is 0 Å². The van der Waals surface area contributed by atoms with Gasteiger partial charge in [0.1, 0.15) is 0 Å². The molecule has 0 spiro atoms. The van der Waals surface area contributed by atoms with Crippen LogP contribution in [0.25, 0.3) is 10.9 Å². The summed E-state index contributed by atoms with van der Waals surface area (Å²) in [7, 11) is 0. The number of carboxylic acid groups (broad SMARTS) is 1. The highest BCUT2D eigenvalue weighted by atomic mass is 16.4. The van der Waals surface area contributed by atoms with Crippen LogP contribution in [0.3, 0.4) is 0 Å². The number of para-hydroxylation sites is 1. The number of anilines is 1. The number of pyridine rings is 1. The highest BCUT2D eigenvalue weighted by molar-refractivity contribution is 5.97. The van der Waals surface area contributed by atoms with Gasteiger partial charge in [0.15, 0.2) is 5.69 Å². The van der Waals surface area contributed by atoms with Gasteiger partial charge in [0.25, 0.3) is 0 Å². The predicted octanol–water partition coefficient (Wildman–Crippen LogP) is 3.17. The number of carbonyl (C=O) groups is 1. The number of aromatic nitrogens is 1. The molecule has 2 heterocycles. The average Bonchev–Trinajstić information content (AvgIpc) is 3.07. The molecule has 0 amide bonds. The monoisotopic (exact) mass is 282 g/mol. The summed E-state index contributed by atoms with van der Waals surface area (Å²) >= 11 is 0. The van der Waals surface area contributed by atoms with Crippen molar-refractivity contribution in [2.24, 2.45) is 11.8 Å². The number of carboxylic acids is 1. The molecule has 1 aromatic heterocycles. The maximum Gasteiger partial charge on any atom is 0.354 e. The number of nitrogens with zero attached hydrogens (tertiary/aromatic N) is 2. The molecule has 1 saturated heterocycles. The zero-order valence-corrected chi connectivity index (χ0v) is 11.8. The van der Waals surface area contributed by atoms with E-state index in [0.29, 0.717) is 0 Å². The molecule has 1 aromatic carbocycles. The maximum atomic E-state index is 11.3. The minimum absolute atomic E-state index is 0.140. The Bertz CT molecular complexity index is 701. The zero-order chi connectivity index (χ0) is 14.4. The SMILES string of the molecule is O=C(O)c1cc(N2CC3CCCC3C2)c2ccccc2n1. The van der Waals surface area contributed by atoms with Crippen molar-refractivity contribution < 1.29 is 9.90 Å². The van der Waals surface area contributed by atoms with Gasteiger partial charge in [-0.15, -0.1) is 0 Å². The molecule has 1 aliphatic carbocycles. The van der Waals surface area contributed by atoms with E-state index in [1.807, 2.05) is 24.3 Å². The molecule has 2 unspecified atom stereocenters. The summed E-state index contributed by atoms with van der Waals surface area (Å²) in [5.41, 5.74) is 1.94. The molecular formula is C17H18N2O2. The number of fused-ring (bicyclic) bond motifs is 2. The van der Waals surface area contributed by atoms with Crippen molar-refractivity contribution in [1.82, 2.24) is 4.98 Å². The Morgan fingerprint density at radius 2 is 1.90 bits per heavy atom. The van der Waals surface area contributed by atoms with Crippen LogP contribution in [0.1, 0.15) is 29.8 Å². The van der Waals surface area contributed by atoms with E-state index in [2.05, 4.69) is 9.88 Å². The number of rotatable bonds is 2. The summed E-state index contributed by atoms with van der Waals surface area (Å²) in [6.07, 6.45) is 3.98. The Hall–Kier alpha value is -2.10. The van der Waals surface area contributed by atoms with Crippen LogP contribution in [0.15, 0.2) is 30.3 Å². The van der Waals surface area contributed by atoms with Crippen LogP contribution in [0.4, 0.5) is 5.69 Å². The van der Waals surface area contributed by atoms with Crippen LogP contribution in [0.2, 0.25) is 0 Å². The average molecular weight is 282 g/mol. The van der Waals surface area contributed by atoms with Crippen LogP contribution in [0.5, 0.6) is 0 Å². The fourth-order valence-corrected chi connectivity index (χ4v) is 3.96. The number of benzene rings is 1. The molecule has 1 N–H and O–H groups in total. The summed E-state index contributed by atoms with van der Waals surface area (Å²) < 4.78 is 0. The van der Waals surface area contributed by atoms with Gasteiger partial charge in [0.05, 0.1) is 5.52 Å². The highest BCUT2D eigenvalue weighted by Gasteiger charge is 2.36. The van der Waals surface area contributed by atoms with E-state index in [9.17, 15) is 9.90 Å². The lowest BCUT2D eigenvalue weighted by molar-refractivity contribution is 0.0691. The number of hydrogen-bond donors (Lipinski definition) is 1. The molecule has 4 heteroatoms. The Labute approximate surface area is 123 Å². The van der Waals surface area contributed by atoms with E-state index >= 15 is 0 Å². The minimum Gasteiger partial charge on any atom is -0.477 e. The molecule has 4 rings (SSSR count). The minimum atomic E-state index is -0.957. The fourth-order valence-electron chi connectivity index (χ4n) is 3.96. The van der Waals surface area contributed by atoms with E-state index in [1.165, 1.54) is 19.3 Å². The molecule has 2 fully saturated rings. The molecule has 1 saturated carbocycles. The van der Waals surface area contributed by atoms with Gasteiger partial charge in [-0.05, 0) is 36.8 Å². The topological polar surface area (TPSA) is 53.4 Å². The third-order valence-electron chi connectivity index (χ3n) is 4.98. The second kappa shape index (κ2) is 4.72. The lowest BCUT2D eigenvalue weighted by atomic mass is 10.0. The Balaban J connectivity index is 1.81. The molecule has 1 aliphatic heterocycles. The predicted molar refractivity (Wildman–Crippen MR) is 81.7 cm³/mol. The lowest BCUT2D eigenvalue weighted by Gasteiger charge is -2.22.